The van der Waals surface area contributed by atoms with Gasteiger partial charge in [0.05, 0.1) is 35.8 Å². The summed E-state index contributed by atoms with van der Waals surface area (Å²) < 4.78 is 4.67. The lowest BCUT2D eigenvalue weighted by atomic mass is 9.78. The summed E-state index contributed by atoms with van der Waals surface area (Å²) in [5.74, 6) is -2.35. The Morgan fingerprint density at radius 3 is 2.69 bits per heavy atom. The number of cyclic esters (lactones) is 1. The Labute approximate surface area is 214 Å². The standard InChI is InChI=1S/C26H29ClN2O5S/c1-16(15-30)29-22-24(32)28(18-10-8-17(27)9-11-18)13-6-12-26(22)21(23(29)31)20-19(35-26)7-4-2-3-5-14-34-25(20)33/h4,6-12,16,19-22,30H,2-3,5,13-15H2,1H3/b7-4-/t16-,19-,20+,21+,22?,26+/m1/s1. The fourth-order valence-electron chi connectivity index (χ4n) is 5.77. The second kappa shape index (κ2) is 9.64. The van der Waals surface area contributed by atoms with Crippen molar-refractivity contribution in [1.82, 2.24) is 4.90 Å². The molecule has 4 aliphatic rings. The zero-order valence-electron chi connectivity index (χ0n) is 19.5. The normalized spacial score (nSPS) is 34.5. The molecule has 0 aliphatic carbocycles. The van der Waals surface area contributed by atoms with E-state index in [0.29, 0.717) is 23.9 Å². The van der Waals surface area contributed by atoms with Gasteiger partial charge in [-0.3, -0.25) is 14.4 Å². The van der Waals surface area contributed by atoms with Crippen LogP contribution < -0.4 is 4.90 Å². The first-order chi connectivity index (χ1) is 16.9. The van der Waals surface area contributed by atoms with Crippen molar-refractivity contribution in [2.45, 2.75) is 48.3 Å². The molecule has 9 heteroatoms. The van der Waals surface area contributed by atoms with E-state index in [4.69, 9.17) is 16.3 Å². The zero-order chi connectivity index (χ0) is 24.7. The maximum Gasteiger partial charge on any atom is 0.311 e. The van der Waals surface area contributed by atoms with Crippen LogP contribution in [0.4, 0.5) is 5.69 Å². The Hall–Kier alpha value is -2.29. The summed E-state index contributed by atoms with van der Waals surface area (Å²) in [4.78, 5) is 44.6. The number of fused-ring (bicyclic) bond motifs is 2. The molecule has 1 spiro atoms. The molecular formula is C26H29ClN2O5S. The smallest absolute Gasteiger partial charge is 0.311 e. The first-order valence-electron chi connectivity index (χ1n) is 12.1. The van der Waals surface area contributed by atoms with Crippen LogP contribution in [0.1, 0.15) is 26.2 Å². The monoisotopic (exact) mass is 516 g/mol. The molecule has 6 atom stereocenters. The van der Waals surface area contributed by atoms with E-state index in [1.165, 1.54) is 16.7 Å². The molecule has 0 radical (unpaired) electrons. The van der Waals surface area contributed by atoms with Crippen molar-refractivity contribution in [3.63, 3.8) is 0 Å². The minimum atomic E-state index is -0.939. The Balaban J connectivity index is 1.62. The molecule has 7 nitrogen and oxygen atoms in total. The van der Waals surface area contributed by atoms with Crippen molar-refractivity contribution >= 4 is 46.8 Å². The third-order valence-corrected chi connectivity index (χ3v) is 9.41. The van der Waals surface area contributed by atoms with Gasteiger partial charge >= 0.3 is 5.97 Å². The highest BCUT2D eigenvalue weighted by molar-refractivity contribution is 8.02. The number of nitrogens with zero attached hydrogens (tertiary/aromatic N) is 2. The van der Waals surface area contributed by atoms with Crippen LogP contribution in [-0.2, 0) is 19.1 Å². The molecule has 4 aliphatic heterocycles. The highest BCUT2D eigenvalue weighted by Gasteiger charge is 2.71. The number of carbonyl (C=O) groups is 3. The predicted molar refractivity (Wildman–Crippen MR) is 135 cm³/mol. The summed E-state index contributed by atoms with van der Waals surface area (Å²) in [5, 5.41) is 10.3. The molecule has 0 aromatic heterocycles. The molecule has 5 rings (SSSR count). The SMILES string of the molecule is C[C@H](CO)N1C(=O)[C@@H]2[C@H]3C(=O)OCCCC/C=C\[C@H]3S[C@@]23C=CCN(c2ccc(Cl)cc2)C(=O)C13. The molecule has 0 bridgehead atoms. The van der Waals surface area contributed by atoms with Gasteiger partial charge < -0.3 is 19.6 Å². The van der Waals surface area contributed by atoms with Crippen LogP contribution in [0.25, 0.3) is 0 Å². The maximum absolute atomic E-state index is 14.2. The van der Waals surface area contributed by atoms with E-state index in [2.05, 4.69) is 6.08 Å². The molecule has 4 heterocycles. The van der Waals surface area contributed by atoms with Gasteiger partial charge in [-0.05, 0) is 50.5 Å². The summed E-state index contributed by atoms with van der Waals surface area (Å²) in [5.41, 5.74) is 0.676. The number of hydrogen-bond donors (Lipinski definition) is 1. The number of aliphatic hydroxyl groups is 1. The Bertz CT molecular complexity index is 1080. The highest BCUT2D eigenvalue weighted by Crippen LogP contribution is 2.61. The lowest BCUT2D eigenvalue weighted by Crippen LogP contribution is -2.56. The number of thioether (sulfide) groups is 1. The second-order valence-electron chi connectivity index (χ2n) is 9.54. The van der Waals surface area contributed by atoms with Crippen LogP contribution >= 0.6 is 23.4 Å². The molecule has 35 heavy (non-hydrogen) atoms. The van der Waals surface area contributed by atoms with Crippen LogP contribution in [0.2, 0.25) is 5.02 Å². The number of ether oxygens (including phenoxy) is 1. The van der Waals surface area contributed by atoms with Gasteiger partial charge in [-0.15, -0.1) is 11.8 Å². The first-order valence-corrected chi connectivity index (χ1v) is 13.3. The van der Waals surface area contributed by atoms with Crippen LogP contribution in [-0.4, -0.2) is 69.6 Å². The zero-order valence-corrected chi connectivity index (χ0v) is 21.1. The number of aliphatic hydroxyl groups excluding tert-OH is 1. The largest absolute Gasteiger partial charge is 0.465 e. The van der Waals surface area contributed by atoms with Gasteiger partial charge in [0, 0.05) is 22.5 Å². The first kappa shape index (κ1) is 24.4. The molecule has 1 aromatic carbocycles. The topological polar surface area (TPSA) is 87.2 Å². The van der Waals surface area contributed by atoms with Crippen LogP contribution in [0.15, 0.2) is 48.6 Å². The average molecular weight is 517 g/mol. The van der Waals surface area contributed by atoms with E-state index in [1.807, 2.05) is 18.2 Å². The van der Waals surface area contributed by atoms with Crippen LogP contribution in [0, 0.1) is 11.8 Å². The van der Waals surface area contributed by atoms with Crippen molar-refractivity contribution in [3.05, 3.63) is 53.6 Å². The summed E-state index contributed by atoms with van der Waals surface area (Å²) in [6.07, 6.45) is 10.5. The van der Waals surface area contributed by atoms with E-state index in [1.54, 1.807) is 36.1 Å². The minimum absolute atomic E-state index is 0.234. The fraction of sp³-hybridized carbons (Fsp3) is 0.500. The Kier molecular flexibility index (Phi) is 6.72. The van der Waals surface area contributed by atoms with E-state index >= 15 is 0 Å². The third-order valence-electron chi connectivity index (χ3n) is 7.42. The summed E-state index contributed by atoms with van der Waals surface area (Å²) in [6, 6.07) is 5.57. The number of benzene rings is 1. The lowest BCUT2D eigenvalue weighted by molar-refractivity contribution is -0.153. The fourth-order valence-corrected chi connectivity index (χ4v) is 7.89. The number of allylic oxidation sites excluding steroid dienone is 1. The van der Waals surface area contributed by atoms with Crippen LogP contribution in [0.5, 0.6) is 0 Å². The van der Waals surface area contributed by atoms with E-state index in [0.717, 1.165) is 19.3 Å². The van der Waals surface area contributed by atoms with E-state index in [-0.39, 0.29) is 29.6 Å². The number of carbonyl (C=O) groups excluding carboxylic acids is 3. The number of rotatable bonds is 3. The van der Waals surface area contributed by atoms with Gasteiger partial charge in [0.15, 0.2) is 0 Å². The van der Waals surface area contributed by atoms with Crippen molar-refractivity contribution in [3.8, 4) is 0 Å². The van der Waals surface area contributed by atoms with Gasteiger partial charge in [0.2, 0.25) is 5.91 Å². The molecule has 2 fully saturated rings. The van der Waals surface area contributed by atoms with Gasteiger partial charge in [-0.2, -0.15) is 0 Å². The molecule has 1 unspecified atom stereocenters. The number of likely N-dealkylation sites (tertiary alicyclic amines) is 1. The molecule has 0 saturated carbocycles. The molecular weight excluding hydrogens is 488 g/mol. The van der Waals surface area contributed by atoms with Gasteiger partial charge in [0.1, 0.15) is 6.04 Å². The minimum Gasteiger partial charge on any atom is -0.465 e. The van der Waals surface area contributed by atoms with Crippen LogP contribution in [0.3, 0.4) is 0 Å². The quantitative estimate of drug-likeness (QED) is 0.490. The third kappa shape index (κ3) is 3.99. The maximum atomic E-state index is 14.2. The molecule has 2 saturated heterocycles. The molecule has 1 aromatic rings. The van der Waals surface area contributed by atoms with Crippen molar-refractivity contribution in [2.24, 2.45) is 11.8 Å². The lowest BCUT2D eigenvalue weighted by Gasteiger charge is -2.37. The number of halogens is 1. The summed E-state index contributed by atoms with van der Waals surface area (Å²) >= 11 is 7.57. The molecule has 1 N–H and O–H groups in total. The number of amides is 2. The summed E-state index contributed by atoms with van der Waals surface area (Å²) in [7, 11) is 0. The molecule has 186 valence electrons. The number of hydrogen-bond acceptors (Lipinski definition) is 6. The van der Waals surface area contributed by atoms with E-state index < -0.39 is 28.7 Å². The van der Waals surface area contributed by atoms with Gasteiger partial charge in [-0.1, -0.05) is 35.9 Å². The van der Waals surface area contributed by atoms with Crippen molar-refractivity contribution in [2.75, 3.05) is 24.7 Å². The Morgan fingerprint density at radius 2 is 1.94 bits per heavy atom. The van der Waals surface area contributed by atoms with Crippen molar-refractivity contribution < 1.29 is 24.2 Å². The summed E-state index contributed by atoms with van der Waals surface area (Å²) in [6.45, 7) is 2.10. The molecule has 2 amide bonds. The van der Waals surface area contributed by atoms with E-state index in [9.17, 15) is 19.5 Å². The van der Waals surface area contributed by atoms with Crippen molar-refractivity contribution in [1.29, 1.82) is 0 Å². The average Bonchev–Trinajstić information content (AvgIpc) is 3.24. The highest BCUT2D eigenvalue weighted by atomic mass is 35.5. The van der Waals surface area contributed by atoms with Gasteiger partial charge in [-0.25, -0.2) is 0 Å². The van der Waals surface area contributed by atoms with Gasteiger partial charge in [0.25, 0.3) is 5.91 Å². The second-order valence-corrected chi connectivity index (χ2v) is 11.5. The Morgan fingerprint density at radius 1 is 1.17 bits per heavy atom. The number of esters is 1. The number of anilines is 1. The predicted octanol–water partition coefficient (Wildman–Crippen LogP) is 3.20.